The summed E-state index contributed by atoms with van der Waals surface area (Å²) in [6.45, 7) is 2.70. The molecule has 1 fully saturated rings. The third-order valence-electron chi connectivity index (χ3n) is 2.59. The number of ether oxygens (including phenoxy) is 2. The van der Waals surface area contributed by atoms with Crippen LogP contribution in [0.3, 0.4) is 0 Å². The van der Waals surface area contributed by atoms with Crippen LogP contribution in [0, 0.1) is 0 Å². The highest BCUT2D eigenvalue weighted by atomic mass is 32.2. The van der Waals surface area contributed by atoms with Gasteiger partial charge in [-0.3, -0.25) is 4.79 Å². The second-order valence-electron chi connectivity index (χ2n) is 4.25. The van der Waals surface area contributed by atoms with Crippen LogP contribution in [-0.2, 0) is 4.79 Å². The summed E-state index contributed by atoms with van der Waals surface area (Å²) >= 11 is 1.34. The molecule has 2 rings (SSSR count). The fourth-order valence-electron chi connectivity index (χ4n) is 1.62. The Morgan fingerprint density at radius 1 is 1.43 bits per heavy atom. The number of hydrogen-bond acceptors (Lipinski definition) is 6. The molecule has 1 amide bonds. The van der Waals surface area contributed by atoms with Crippen LogP contribution in [-0.4, -0.2) is 36.8 Å². The summed E-state index contributed by atoms with van der Waals surface area (Å²) in [5.41, 5.74) is 0.842. The Hall–Kier alpha value is -2.02. The number of rotatable bonds is 6. The van der Waals surface area contributed by atoms with Gasteiger partial charge in [0.2, 0.25) is 5.91 Å². The van der Waals surface area contributed by atoms with E-state index in [1.165, 1.54) is 11.8 Å². The number of nitrogens with one attached hydrogen (secondary N) is 1. The summed E-state index contributed by atoms with van der Waals surface area (Å²) in [5, 5.41) is 11.0. The molecule has 1 aliphatic heterocycles. The molecule has 1 aromatic carbocycles. The van der Waals surface area contributed by atoms with Crippen molar-refractivity contribution in [3.63, 3.8) is 0 Å². The topological polar surface area (TPSA) is 72.3 Å². The molecule has 0 saturated carbocycles. The second kappa shape index (κ2) is 7.68. The molecule has 7 heteroatoms. The highest BCUT2D eigenvalue weighted by Crippen LogP contribution is 2.27. The van der Waals surface area contributed by atoms with E-state index in [-0.39, 0.29) is 5.91 Å². The number of benzene rings is 1. The van der Waals surface area contributed by atoms with Crippen LogP contribution >= 0.6 is 11.8 Å². The fourth-order valence-corrected chi connectivity index (χ4v) is 2.25. The van der Waals surface area contributed by atoms with E-state index < -0.39 is 0 Å². The molecule has 1 N–H and O–H groups in total. The summed E-state index contributed by atoms with van der Waals surface area (Å²) in [4.78, 5) is 11.0. The first kappa shape index (κ1) is 15.4. The lowest BCUT2D eigenvalue weighted by Crippen LogP contribution is -2.19. The molecule has 21 heavy (non-hydrogen) atoms. The van der Waals surface area contributed by atoms with E-state index in [4.69, 9.17) is 9.47 Å². The maximum absolute atomic E-state index is 11.0. The number of hydrogen-bond donors (Lipinski definition) is 1. The third kappa shape index (κ3) is 4.49. The molecule has 0 unspecified atom stereocenters. The minimum Gasteiger partial charge on any atom is -0.493 e. The largest absolute Gasteiger partial charge is 0.493 e. The first-order valence-electron chi connectivity index (χ1n) is 6.57. The molecule has 0 aliphatic carbocycles. The van der Waals surface area contributed by atoms with E-state index in [1.54, 1.807) is 13.3 Å². The van der Waals surface area contributed by atoms with Gasteiger partial charge in [0, 0.05) is 0 Å². The van der Waals surface area contributed by atoms with Gasteiger partial charge in [-0.1, -0.05) is 18.7 Å². The minimum absolute atomic E-state index is 0.0481. The van der Waals surface area contributed by atoms with E-state index in [1.807, 2.05) is 25.1 Å². The fraction of sp³-hybridized carbons (Fsp3) is 0.357. The quantitative estimate of drug-likeness (QED) is 0.645. The lowest BCUT2D eigenvalue weighted by atomic mass is 10.2. The summed E-state index contributed by atoms with van der Waals surface area (Å²) in [6.07, 6.45) is 2.54. The van der Waals surface area contributed by atoms with Crippen molar-refractivity contribution in [1.29, 1.82) is 0 Å². The van der Waals surface area contributed by atoms with Crippen molar-refractivity contribution in [2.45, 2.75) is 13.3 Å². The van der Waals surface area contributed by atoms with Crippen LogP contribution in [0.25, 0.3) is 0 Å². The van der Waals surface area contributed by atoms with Gasteiger partial charge in [-0.25, -0.2) is 0 Å². The van der Waals surface area contributed by atoms with Gasteiger partial charge in [0.15, 0.2) is 16.7 Å². The maximum Gasteiger partial charge on any atom is 0.236 e. The third-order valence-corrected chi connectivity index (χ3v) is 3.45. The van der Waals surface area contributed by atoms with Crippen molar-refractivity contribution >= 4 is 29.1 Å². The molecule has 112 valence electrons. The molecule has 0 bridgehead atoms. The second-order valence-corrected chi connectivity index (χ2v) is 5.21. The lowest BCUT2D eigenvalue weighted by molar-refractivity contribution is -0.116. The monoisotopic (exact) mass is 307 g/mol. The number of methoxy groups -OCH3 is 1. The highest BCUT2D eigenvalue weighted by molar-refractivity contribution is 8.15. The standard InChI is InChI=1S/C14H17N3O3S/c1-3-6-20-11-5-4-10(7-12(11)19-2)8-15-17-14-16-13(18)9-21-14/h4-5,7-8H,3,6,9H2,1-2H3,(H,16,17,18). The van der Waals surface area contributed by atoms with Crippen molar-refractivity contribution in [3.05, 3.63) is 23.8 Å². The molecule has 6 nitrogen and oxygen atoms in total. The molecule has 1 aromatic rings. The predicted molar refractivity (Wildman–Crippen MR) is 84.4 cm³/mol. The molecular formula is C14H17N3O3S. The van der Waals surface area contributed by atoms with E-state index >= 15 is 0 Å². The molecule has 0 spiro atoms. The Morgan fingerprint density at radius 3 is 2.95 bits per heavy atom. The van der Waals surface area contributed by atoms with Crippen molar-refractivity contribution in [2.24, 2.45) is 10.2 Å². The SMILES string of the molecule is CCCOc1ccc(C=NN=C2NC(=O)CS2)cc1OC. The Morgan fingerprint density at radius 2 is 2.29 bits per heavy atom. The van der Waals surface area contributed by atoms with E-state index in [0.29, 0.717) is 29.0 Å². The van der Waals surface area contributed by atoms with E-state index in [0.717, 1.165) is 12.0 Å². The molecule has 0 aromatic heterocycles. The van der Waals surface area contributed by atoms with Crippen LogP contribution in [0.4, 0.5) is 0 Å². The number of amidine groups is 1. The van der Waals surface area contributed by atoms with Crippen LogP contribution in [0.15, 0.2) is 28.4 Å². The number of nitrogens with zero attached hydrogens (tertiary/aromatic N) is 2. The average Bonchev–Trinajstić information content (AvgIpc) is 2.91. The van der Waals surface area contributed by atoms with Gasteiger partial charge in [-0.15, -0.1) is 5.10 Å². The van der Waals surface area contributed by atoms with Crippen molar-refractivity contribution in [2.75, 3.05) is 19.5 Å². The van der Waals surface area contributed by atoms with Crippen molar-refractivity contribution in [1.82, 2.24) is 5.32 Å². The van der Waals surface area contributed by atoms with E-state index in [9.17, 15) is 4.79 Å². The average molecular weight is 307 g/mol. The number of amides is 1. The van der Waals surface area contributed by atoms with Gasteiger partial charge in [0.1, 0.15) is 0 Å². The van der Waals surface area contributed by atoms with Crippen molar-refractivity contribution in [3.8, 4) is 11.5 Å². The molecule has 1 saturated heterocycles. The van der Waals surface area contributed by atoms with E-state index in [2.05, 4.69) is 15.5 Å². The highest BCUT2D eigenvalue weighted by Gasteiger charge is 2.15. The summed E-state index contributed by atoms with van der Waals surface area (Å²) in [5.74, 6) is 1.71. The van der Waals surface area contributed by atoms with Gasteiger partial charge in [-0.2, -0.15) is 5.10 Å². The smallest absolute Gasteiger partial charge is 0.236 e. The zero-order valence-corrected chi connectivity index (χ0v) is 12.8. The molecule has 1 heterocycles. The van der Waals surface area contributed by atoms with Crippen LogP contribution < -0.4 is 14.8 Å². The molecule has 1 aliphatic rings. The number of carbonyl (C=O) groups excluding carboxylic acids is 1. The predicted octanol–water partition coefficient (Wildman–Crippen LogP) is 2.04. The van der Waals surface area contributed by atoms with Gasteiger partial charge in [0.05, 0.1) is 25.7 Å². The van der Waals surface area contributed by atoms with Gasteiger partial charge < -0.3 is 14.8 Å². The molecule has 0 atom stereocenters. The first-order valence-corrected chi connectivity index (χ1v) is 7.56. The summed E-state index contributed by atoms with van der Waals surface area (Å²) in [7, 11) is 1.60. The van der Waals surface area contributed by atoms with Crippen LogP contribution in [0.2, 0.25) is 0 Å². The normalized spacial score (nSPS) is 16.5. The zero-order valence-electron chi connectivity index (χ0n) is 12.0. The van der Waals surface area contributed by atoms with Gasteiger partial charge in [-0.05, 0) is 30.2 Å². The van der Waals surface area contributed by atoms with Gasteiger partial charge in [0.25, 0.3) is 0 Å². The van der Waals surface area contributed by atoms with Crippen molar-refractivity contribution < 1.29 is 14.3 Å². The Bertz CT molecular complexity index is 573. The minimum atomic E-state index is -0.0481. The Labute approximate surface area is 127 Å². The Balaban J connectivity index is 2.04. The first-order chi connectivity index (χ1) is 10.2. The van der Waals surface area contributed by atoms with Crippen LogP contribution in [0.5, 0.6) is 11.5 Å². The summed E-state index contributed by atoms with van der Waals surface area (Å²) in [6, 6.07) is 5.54. The van der Waals surface area contributed by atoms with Gasteiger partial charge >= 0.3 is 0 Å². The summed E-state index contributed by atoms with van der Waals surface area (Å²) < 4.78 is 10.9. The number of thioether (sulfide) groups is 1. The molecule has 0 radical (unpaired) electrons. The number of carbonyl (C=O) groups is 1. The zero-order chi connectivity index (χ0) is 15.1. The van der Waals surface area contributed by atoms with Crippen LogP contribution in [0.1, 0.15) is 18.9 Å². The Kier molecular flexibility index (Phi) is 5.62. The lowest BCUT2D eigenvalue weighted by Gasteiger charge is -2.10. The maximum atomic E-state index is 11.0. The molecular weight excluding hydrogens is 290 g/mol.